The lowest BCUT2D eigenvalue weighted by Crippen LogP contribution is -2.29. The van der Waals surface area contributed by atoms with E-state index in [0.717, 1.165) is 11.3 Å². The molecule has 6 heteroatoms. The zero-order chi connectivity index (χ0) is 14.1. The van der Waals surface area contributed by atoms with E-state index in [1.807, 2.05) is 18.2 Å². The molecule has 1 aromatic rings. The fraction of sp³-hybridized carbons (Fsp3) is 0.500. The van der Waals surface area contributed by atoms with E-state index >= 15 is 0 Å². The molecule has 2 aliphatic heterocycles. The maximum atomic E-state index is 12.0. The standard InChI is InChI=1S/C14H17NO5/c16-10-6-15(7-11(10)17)14(18)4-2-9-1-3-12-13(5-9)20-8-19-12/h1,3,5,10-11,16-17H,2,4,6-8H2. The second-order valence-electron chi connectivity index (χ2n) is 5.12. The van der Waals surface area contributed by atoms with E-state index < -0.39 is 12.2 Å². The Morgan fingerprint density at radius 3 is 2.65 bits per heavy atom. The Balaban J connectivity index is 1.56. The molecule has 2 N–H and O–H groups in total. The summed E-state index contributed by atoms with van der Waals surface area (Å²) in [6.45, 7) is 0.656. The van der Waals surface area contributed by atoms with Gasteiger partial charge >= 0.3 is 0 Å². The zero-order valence-electron chi connectivity index (χ0n) is 11.0. The molecule has 0 spiro atoms. The number of β-amino-alcohol motifs (C(OH)–C–C–N with tert-alkyl or cyclic N) is 2. The smallest absolute Gasteiger partial charge is 0.231 e. The third kappa shape index (κ3) is 2.57. The predicted molar refractivity (Wildman–Crippen MR) is 69.5 cm³/mol. The third-order valence-electron chi connectivity index (χ3n) is 3.68. The van der Waals surface area contributed by atoms with Crippen molar-refractivity contribution in [3.63, 3.8) is 0 Å². The molecule has 108 valence electrons. The van der Waals surface area contributed by atoms with Crippen molar-refractivity contribution < 1.29 is 24.5 Å². The average Bonchev–Trinajstić information content (AvgIpc) is 3.03. The van der Waals surface area contributed by atoms with Gasteiger partial charge in [0.15, 0.2) is 11.5 Å². The fourth-order valence-electron chi connectivity index (χ4n) is 2.48. The first-order valence-corrected chi connectivity index (χ1v) is 6.66. The fourth-order valence-corrected chi connectivity index (χ4v) is 2.48. The number of likely N-dealkylation sites (tertiary alicyclic amines) is 1. The first kappa shape index (κ1) is 13.2. The van der Waals surface area contributed by atoms with Gasteiger partial charge in [-0.05, 0) is 24.1 Å². The van der Waals surface area contributed by atoms with Gasteiger partial charge in [0.25, 0.3) is 0 Å². The van der Waals surface area contributed by atoms with Gasteiger partial charge in [-0.25, -0.2) is 0 Å². The number of fused-ring (bicyclic) bond motifs is 1. The summed E-state index contributed by atoms with van der Waals surface area (Å²) < 4.78 is 10.5. The van der Waals surface area contributed by atoms with E-state index in [-0.39, 0.29) is 25.8 Å². The number of carbonyl (C=O) groups is 1. The summed E-state index contributed by atoms with van der Waals surface area (Å²) in [6.07, 6.45) is -0.717. The van der Waals surface area contributed by atoms with Crippen LogP contribution < -0.4 is 9.47 Å². The maximum absolute atomic E-state index is 12.0. The van der Waals surface area contributed by atoms with Crippen LogP contribution in [0.4, 0.5) is 0 Å². The van der Waals surface area contributed by atoms with Crippen molar-refractivity contribution in [1.29, 1.82) is 0 Å². The number of amides is 1. The highest BCUT2D eigenvalue weighted by atomic mass is 16.7. The molecule has 0 aromatic heterocycles. The lowest BCUT2D eigenvalue weighted by molar-refractivity contribution is -0.130. The van der Waals surface area contributed by atoms with Gasteiger partial charge < -0.3 is 24.6 Å². The molecule has 3 rings (SSSR count). The van der Waals surface area contributed by atoms with Crippen LogP contribution in [-0.2, 0) is 11.2 Å². The number of aliphatic hydroxyl groups excluding tert-OH is 2. The molecule has 1 fully saturated rings. The van der Waals surface area contributed by atoms with Gasteiger partial charge in [0.1, 0.15) is 0 Å². The number of ether oxygens (including phenoxy) is 2. The molecule has 1 saturated heterocycles. The highest BCUT2D eigenvalue weighted by molar-refractivity contribution is 5.77. The molecule has 0 bridgehead atoms. The van der Waals surface area contributed by atoms with Crippen molar-refractivity contribution in [3.05, 3.63) is 23.8 Å². The van der Waals surface area contributed by atoms with E-state index in [2.05, 4.69) is 0 Å². The molecule has 2 atom stereocenters. The summed E-state index contributed by atoms with van der Waals surface area (Å²) in [4.78, 5) is 13.5. The predicted octanol–water partition coefficient (Wildman–Crippen LogP) is -0.0881. The Kier molecular flexibility index (Phi) is 3.50. The second kappa shape index (κ2) is 5.30. The quantitative estimate of drug-likeness (QED) is 0.808. The molecule has 2 heterocycles. The summed E-state index contributed by atoms with van der Waals surface area (Å²) >= 11 is 0. The molecule has 1 aromatic carbocycles. The molecule has 2 aliphatic rings. The van der Waals surface area contributed by atoms with Crippen molar-refractivity contribution >= 4 is 5.91 Å². The summed E-state index contributed by atoms with van der Waals surface area (Å²) in [5, 5.41) is 18.9. The first-order chi connectivity index (χ1) is 9.63. The van der Waals surface area contributed by atoms with Crippen molar-refractivity contribution in [2.45, 2.75) is 25.0 Å². The SMILES string of the molecule is O=C(CCc1ccc2c(c1)OCO2)N1CC(O)C(O)C1. The Bertz CT molecular complexity index is 508. The van der Waals surface area contributed by atoms with Gasteiger partial charge in [0, 0.05) is 19.5 Å². The maximum Gasteiger partial charge on any atom is 0.231 e. The largest absolute Gasteiger partial charge is 0.454 e. The number of carbonyl (C=O) groups excluding carboxylic acids is 1. The molecule has 0 aliphatic carbocycles. The normalized spacial score (nSPS) is 24.2. The lowest BCUT2D eigenvalue weighted by Gasteiger charge is -2.15. The van der Waals surface area contributed by atoms with E-state index in [1.54, 1.807) is 0 Å². The van der Waals surface area contributed by atoms with Crippen LogP contribution in [0.1, 0.15) is 12.0 Å². The molecule has 6 nitrogen and oxygen atoms in total. The number of aryl methyl sites for hydroxylation is 1. The molecular weight excluding hydrogens is 262 g/mol. The van der Waals surface area contributed by atoms with E-state index in [1.165, 1.54) is 4.90 Å². The topological polar surface area (TPSA) is 79.2 Å². The lowest BCUT2D eigenvalue weighted by atomic mass is 10.1. The molecule has 0 radical (unpaired) electrons. The van der Waals surface area contributed by atoms with Crippen LogP contribution in [0.15, 0.2) is 18.2 Å². The minimum atomic E-state index is -0.829. The van der Waals surface area contributed by atoms with Crippen LogP contribution in [0.2, 0.25) is 0 Å². The van der Waals surface area contributed by atoms with Crippen LogP contribution in [0.25, 0.3) is 0 Å². The van der Waals surface area contributed by atoms with E-state index in [4.69, 9.17) is 9.47 Å². The number of benzene rings is 1. The summed E-state index contributed by atoms with van der Waals surface area (Å²) in [6, 6.07) is 5.63. The van der Waals surface area contributed by atoms with Crippen LogP contribution >= 0.6 is 0 Å². The Morgan fingerprint density at radius 1 is 1.20 bits per heavy atom. The number of aliphatic hydroxyl groups is 2. The average molecular weight is 279 g/mol. The van der Waals surface area contributed by atoms with Crippen LogP contribution in [0.3, 0.4) is 0 Å². The van der Waals surface area contributed by atoms with Gasteiger partial charge in [0.05, 0.1) is 12.2 Å². The zero-order valence-corrected chi connectivity index (χ0v) is 11.0. The Hall–Kier alpha value is -1.79. The number of rotatable bonds is 3. The second-order valence-corrected chi connectivity index (χ2v) is 5.12. The molecule has 20 heavy (non-hydrogen) atoms. The highest BCUT2D eigenvalue weighted by Gasteiger charge is 2.32. The molecule has 1 amide bonds. The van der Waals surface area contributed by atoms with E-state index in [0.29, 0.717) is 18.6 Å². The number of hydrogen-bond acceptors (Lipinski definition) is 5. The monoisotopic (exact) mass is 279 g/mol. The molecular formula is C14H17NO5. The van der Waals surface area contributed by atoms with Crippen molar-refractivity contribution in [1.82, 2.24) is 4.90 Å². The van der Waals surface area contributed by atoms with Crippen LogP contribution in [0, 0.1) is 0 Å². The van der Waals surface area contributed by atoms with E-state index in [9.17, 15) is 15.0 Å². The molecule has 0 saturated carbocycles. The Labute approximate surface area is 116 Å². The summed E-state index contributed by atoms with van der Waals surface area (Å²) in [5.41, 5.74) is 1.00. The van der Waals surface area contributed by atoms with Crippen molar-refractivity contribution in [2.24, 2.45) is 0 Å². The van der Waals surface area contributed by atoms with Gasteiger partial charge in [-0.1, -0.05) is 6.07 Å². The van der Waals surface area contributed by atoms with Crippen LogP contribution in [-0.4, -0.2) is 53.1 Å². The van der Waals surface area contributed by atoms with Crippen molar-refractivity contribution in [2.75, 3.05) is 19.9 Å². The van der Waals surface area contributed by atoms with Crippen LogP contribution in [0.5, 0.6) is 11.5 Å². The minimum Gasteiger partial charge on any atom is -0.454 e. The highest BCUT2D eigenvalue weighted by Crippen LogP contribution is 2.32. The van der Waals surface area contributed by atoms with Gasteiger partial charge in [-0.3, -0.25) is 4.79 Å². The number of nitrogens with zero attached hydrogens (tertiary/aromatic N) is 1. The Morgan fingerprint density at radius 2 is 1.90 bits per heavy atom. The van der Waals surface area contributed by atoms with Gasteiger partial charge in [-0.2, -0.15) is 0 Å². The van der Waals surface area contributed by atoms with Gasteiger partial charge in [0.2, 0.25) is 12.7 Å². The number of hydrogen-bond donors (Lipinski definition) is 2. The van der Waals surface area contributed by atoms with Gasteiger partial charge in [-0.15, -0.1) is 0 Å². The minimum absolute atomic E-state index is 0.0572. The molecule has 2 unspecified atom stereocenters. The van der Waals surface area contributed by atoms with Crippen molar-refractivity contribution in [3.8, 4) is 11.5 Å². The third-order valence-corrected chi connectivity index (χ3v) is 3.68. The summed E-state index contributed by atoms with van der Waals surface area (Å²) in [7, 11) is 0. The first-order valence-electron chi connectivity index (χ1n) is 6.66. The summed E-state index contributed by atoms with van der Waals surface area (Å²) in [5.74, 6) is 1.38.